The highest BCUT2D eigenvalue weighted by Crippen LogP contribution is 2.08. The van der Waals surface area contributed by atoms with Gasteiger partial charge in [0, 0.05) is 13.7 Å². The molecular weight excluding hydrogens is 162 g/mol. The van der Waals surface area contributed by atoms with Crippen molar-refractivity contribution in [2.24, 2.45) is 0 Å². The van der Waals surface area contributed by atoms with E-state index in [2.05, 4.69) is 43.1 Å². The first kappa shape index (κ1) is 10.2. The van der Waals surface area contributed by atoms with Crippen LogP contribution in [0.15, 0.2) is 24.3 Å². The molecule has 2 heteroatoms. The van der Waals surface area contributed by atoms with E-state index in [9.17, 15) is 0 Å². The van der Waals surface area contributed by atoms with Gasteiger partial charge in [-0.15, -0.1) is 0 Å². The van der Waals surface area contributed by atoms with Gasteiger partial charge in [0.15, 0.2) is 0 Å². The zero-order chi connectivity index (χ0) is 9.68. The third-order valence-electron chi connectivity index (χ3n) is 2.05. The maximum absolute atomic E-state index is 5.04. The maximum Gasteiger partial charge on any atom is 0.0986 e. The molecule has 13 heavy (non-hydrogen) atoms. The predicted molar refractivity (Wildman–Crippen MR) is 54.5 cm³/mol. The van der Waals surface area contributed by atoms with Gasteiger partial charge in [-0.1, -0.05) is 24.3 Å². The van der Waals surface area contributed by atoms with E-state index >= 15 is 0 Å². The molecule has 0 aromatic heterocycles. The SMILES string of the molecule is COCN(C)Cc1ccccc1C. The Morgan fingerprint density at radius 2 is 2.00 bits per heavy atom. The minimum atomic E-state index is 0.675. The average Bonchev–Trinajstić information content (AvgIpc) is 2.09. The summed E-state index contributed by atoms with van der Waals surface area (Å²) in [7, 11) is 3.77. The van der Waals surface area contributed by atoms with Crippen molar-refractivity contribution < 1.29 is 4.74 Å². The van der Waals surface area contributed by atoms with Gasteiger partial charge in [0.05, 0.1) is 6.73 Å². The van der Waals surface area contributed by atoms with Crippen LogP contribution in [-0.2, 0) is 11.3 Å². The summed E-state index contributed by atoms with van der Waals surface area (Å²) in [6, 6.07) is 8.43. The van der Waals surface area contributed by atoms with Gasteiger partial charge in [0.2, 0.25) is 0 Å². The Morgan fingerprint density at radius 3 is 2.62 bits per heavy atom. The molecule has 0 N–H and O–H groups in total. The summed E-state index contributed by atoms with van der Waals surface area (Å²) in [5.41, 5.74) is 2.70. The van der Waals surface area contributed by atoms with Gasteiger partial charge in [-0.05, 0) is 25.1 Å². The van der Waals surface area contributed by atoms with E-state index in [0.29, 0.717) is 6.73 Å². The Morgan fingerprint density at radius 1 is 1.31 bits per heavy atom. The summed E-state index contributed by atoms with van der Waals surface area (Å²) in [6.45, 7) is 3.75. The second kappa shape index (κ2) is 5.00. The lowest BCUT2D eigenvalue weighted by atomic mass is 10.1. The van der Waals surface area contributed by atoms with Crippen LogP contribution in [0, 0.1) is 6.92 Å². The normalized spacial score (nSPS) is 10.8. The zero-order valence-corrected chi connectivity index (χ0v) is 8.58. The number of rotatable bonds is 4. The van der Waals surface area contributed by atoms with Crippen LogP contribution in [0.25, 0.3) is 0 Å². The van der Waals surface area contributed by atoms with Gasteiger partial charge in [-0.25, -0.2) is 0 Å². The second-order valence-corrected chi connectivity index (χ2v) is 3.36. The molecule has 1 rings (SSSR count). The first-order valence-electron chi connectivity index (χ1n) is 4.46. The molecule has 0 bridgehead atoms. The number of benzene rings is 1. The zero-order valence-electron chi connectivity index (χ0n) is 8.58. The Labute approximate surface area is 80.1 Å². The van der Waals surface area contributed by atoms with E-state index in [1.54, 1.807) is 7.11 Å². The molecule has 72 valence electrons. The van der Waals surface area contributed by atoms with Crippen molar-refractivity contribution >= 4 is 0 Å². The minimum absolute atomic E-state index is 0.675. The number of aryl methyl sites for hydroxylation is 1. The summed E-state index contributed by atoms with van der Waals surface area (Å²) in [4.78, 5) is 2.14. The van der Waals surface area contributed by atoms with Crippen molar-refractivity contribution in [1.29, 1.82) is 0 Å². The third-order valence-corrected chi connectivity index (χ3v) is 2.05. The topological polar surface area (TPSA) is 12.5 Å². The van der Waals surface area contributed by atoms with E-state index in [0.717, 1.165) is 6.54 Å². The molecule has 0 saturated heterocycles. The van der Waals surface area contributed by atoms with Crippen LogP contribution < -0.4 is 0 Å². The quantitative estimate of drug-likeness (QED) is 0.656. The molecule has 2 nitrogen and oxygen atoms in total. The van der Waals surface area contributed by atoms with Crippen LogP contribution in [0.4, 0.5) is 0 Å². The van der Waals surface area contributed by atoms with Gasteiger partial charge in [-0.3, -0.25) is 4.90 Å². The standard InChI is InChI=1S/C11H17NO/c1-10-6-4-5-7-11(10)8-12(2)9-13-3/h4-7H,8-9H2,1-3H3. The molecule has 1 aromatic carbocycles. The van der Waals surface area contributed by atoms with Crippen molar-refractivity contribution in [3.05, 3.63) is 35.4 Å². The molecule has 1 aromatic rings. The third kappa shape index (κ3) is 3.17. The highest BCUT2D eigenvalue weighted by molar-refractivity contribution is 5.25. The Kier molecular flexibility index (Phi) is 3.93. The summed E-state index contributed by atoms with van der Waals surface area (Å²) in [5, 5.41) is 0. The lowest BCUT2D eigenvalue weighted by molar-refractivity contribution is 0.0770. The van der Waals surface area contributed by atoms with Crippen LogP contribution in [0.3, 0.4) is 0 Å². The Bertz CT molecular complexity index is 260. The molecule has 0 aliphatic carbocycles. The Hall–Kier alpha value is -0.860. The molecule has 0 spiro atoms. The molecule has 0 atom stereocenters. The van der Waals surface area contributed by atoms with Gasteiger partial charge in [0.1, 0.15) is 0 Å². The van der Waals surface area contributed by atoms with Crippen LogP contribution in [-0.4, -0.2) is 25.8 Å². The van der Waals surface area contributed by atoms with Gasteiger partial charge >= 0.3 is 0 Å². The fraction of sp³-hybridized carbons (Fsp3) is 0.455. The average molecular weight is 179 g/mol. The van der Waals surface area contributed by atoms with Crippen LogP contribution in [0.5, 0.6) is 0 Å². The highest BCUT2D eigenvalue weighted by Gasteiger charge is 2.00. The summed E-state index contributed by atoms with van der Waals surface area (Å²) >= 11 is 0. The molecule has 0 amide bonds. The van der Waals surface area contributed by atoms with Crippen molar-refractivity contribution in [2.75, 3.05) is 20.9 Å². The summed E-state index contributed by atoms with van der Waals surface area (Å²) in [5.74, 6) is 0. The predicted octanol–water partition coefficient (Wildman–Crippen LogP) is 2.03. The smallest absolute Gasteiger partial charge is 0.0986 e. The van der Waals surface area contributed by atoms with Gasteiger partial charge in [-0.2, -0.15) is 0 Å². The van der Waals surface area contributed by atoms with Crippen LogP contribution >= 0.6 is 0 Å². The largest absolute Gasteiger partial charge is 0.369 e. The summed E-state index contributed by atoms with van der Waals surface area (Å²) in [6.07, 6.45) is 0. The van der Waals surface area contributed by atoms with Crippen molar-refractivity contribution in [3.63, 3.8) is 0 Å². The summed E-state index contributed by atoms with van der Waals surface area (Å²) < 4.78 is 5.04. The molecule has 0 aliphatic rings. The number of methoxy groups -OCH3 is 1. The van der Waals surface area contributed by atoms with Crippen molar-refractivity contribution in [3.8, 4) is 0 Å². The maximum atomic E-state index is 5.04. The lowest BCUT2D eigenvalue weighted by Gasteiger charge is -2.16. The van der Waals surface area contributed by atoms with Crippen LogP contribution in [0.1, 0.15) is 11.1 Å². The van der Waals surface area contributed by atoms with E-state index in [4.69, 9.17) is 4.74 Å². The first-order chi connectivity index (χ1) is 6.24. The van der Waals surface area contributed by atoms with E-state index < -0.39 is 0 Å². The van der Waals surface area contributed by atoms with Crippen LogP contribution in [0.2, 0.25) is 0 Å². The molecule has 0 saturated carbocycles. The lowest BCUT2D eigenvalue weighted by Crippen LogP contribution is -2.20. The number of hydrogen-bond acceptors (Lipinski definition) is 2. The molecule has 0 fully saturated rings. The van der Waals surface area contributed by atoms with Gasteiger partial charge < -0.3 is 4.74 Å². The number of nitrogens with zero attached hydrogens (tertiary/aromatic N) is 1. The van der Waals surface area contributed by atoms with Gasteiger partial charge in [0.25, 0.3) is 0 Å². The monoisotopic (exact) mass is 179 g/mol. The van der Waals surface area contributed by atoms with E-state index in [1.165, 1.54) is 11.1 Å². The molecule has 0 radical (unpaired) electrons. The fourth-order valence-corrected chi connectivity index (χ4v) is 1.34. The molecule has 0 unspecified atom stereocenters. The van der Waals surface area contributed by atoms with Crippen molar-refractivity contribution in [1.82, 2.24) is 4.90 Å². The van der Waals surface area contributed by atoms with Crippen molar-refractivity contribution in [2.45, 2.75) is 13.5 Å². The number of ether oxygens (including phenoxy) is 1. The molecule has 0 heterocycles. The highest BCUT2D eigenvalue weighted by atomic mass is 16.5. The molecular formula is C11H17NO. The fourth-order valence-electron chi connectivity index (χ4n) is 1.34. The second-order valence-electron chi connectivity index (χ2n) is 3.36. The number of hydrogen-bond donors (Lipinski definition) is 0. The van der Waals surface area contributed by atoms with E-state index in [1.807, 2.05) is 0 Å². The molecule has 0 aliphatic heterocycles. The minimum Gasteiger partial charge on any atom is -0.369 e. The Balaban J connectivity index is 2.58. The first-order valence-corrected chi connectivity index (χ1v) is 4.46. The van der Waals surface area contributed by atoms with E-state index in [-0.39, 0.29) is 0 Å².